The maximum Gasteiger partial charge on any atom is 0.271 e. The van der Waals surface area contributed by atoms with E-state index < -0.39 is 0 Å². The number of hydrogen-bond donors (Lipinski definition) is 0. The van der Waals surface area contributed by atoms with Crippen LogP contribution >= 0.6 is 39.3 Å². The van der Waals surface area contributed by atoms with Gasteiger partial charge in [0.05, 0.1) is 27.4 Å². The number of thioether (sulfide) groups is 1. The number of ether oxygens (including phenoxy) is 2. The van der Waals surface area contributed by atoms with Gasteiger partial charge in [0, 0.05) is 10.6 Å². The van der Waals surface area contributed by atoms with E-state index in [4.69, 9.17) is 26.1 Å². The number of amides is 1. The highest BCUT2D eigenvalue weighted by atomic mass is 79.9. The first kappa shape index (κ1) is 29.0. The molecule has 8 heteroatoms. The number of aryl methyl sites for hydroxylation is 2. The van der Waals surface area contributed by atoms with E-state index in [1.165, 1.54) is 11.8 Å². The third kappa shape index (κ3) is 6.87. The van der Waals surface area contributed by atoms with Crippen LogP contribution in [0.5, 0.6) is 11.5 Å². The molecule has 0 N–H and O–H groups in total. The van der Waals surface area contributed by atoms with Gasteiger partial charge in [0.15, 0.2) is 16.7 Å². The van der Waals surface area contributed by atoms with Gasteiger partial charge < -0.3 is 9.47 Å². The first-order valence-corrected chi connectivity index (χ1v) is 15.1. The Morgan fingerprint density at radius 2 is 1.63 bits per heavy atom. The van der Waals surface area contributed by atoms with Gasteiger partial charge in [-0.1, -0.05) is 65.2 Å². The second kappa shape index (κ2) is 13.0. The van der Waals surface area contributed by atoms with Gasteiger partial charge in [0.25, 0.3) is 5.91 Å². The third-order valence-electron chi connectivity index (χ3n) is 6.32. The van der Waals surface area contributed by atoms with Crippen molar-refractivity contribution in [1.29, 1.82) is 0 Å². The van der Waals surface area contributed by atoms with Gasteiger partial charge >= 0.3 is 0 Å². The van der Waals surface area contributed by atoms with E-state index in [0.717, 1.165) is 33.6 Å². The summed E-state index contributed by atoms with van der Waals surface area (Å²) in [5.41, 5.74) is 5.48. The van der Waals surface area contributed by atoms with Gasteiger partial charge in [-0.05, 0) is 103 Å². The van der Waals surface area contributed by atoms with Crippen molar-refractivity contribution in [2.75, 3.05) is 11.5 Å². The molecule has 0 saturated carbocycles. The molecule has 1 saturated heterocycles. The highest BCUT2D eigenvalue weighted by Gasteiger charge is 2.35. The normalized spacial score (nSPS) is 15.1. The number of nitrogens with zero attached hydrogens (tertiary/aromatic N) is 2. The number of amidine groups is 1. The molecule has 1 heterocycles. The van der Waals surface area contributed by atoms with Crippen LogP contribution in [0.15, 0.2) is 99.3 Å². The van der Waals surface area contributed by atoms with Crippen LogP contribution in [0.4, 0.5) is 11.4 Å². The lowest BCUT2D eigenvalue weighted by molar-refractivity contribution is -0.113. The van der Waals surface area contributed by atoms with Gasteiger partial charge in [-0.25, -0.2) is 4.99 Å². The van der Waals surface area contributed by atoms with E-state index in [9.17, 15) is 4.79 Å². The van der Waals surface area contributed by atoms with Crippen LogP contribution in [0, 0.1) is 13.8 Å². The summed E-state index contributed by atoms with van der Waals surface area (Å²) in [4.78, 5) is 20.8. The minimum Gasteiger partial charge on any atom is -0.490 e. The fourth-order valence-corrected chi connectivity index (χ4v) is 5.96. The molecule has 5 rings (SSSR count). The summed E-state index contributed by atoms with van der Waals surface area (Å²) in [7, 11) is 0. The Morgan fingerprint density at radius 3 is 2.32 bits per heavy atom. The van der Waals surface area contributed by atoms with Crippen molar-refractivity contribution >= 4 is 67.8 Å². The number of carbonyl (C=O) groups excluding carboxylic acids is 1. The molecule has 0 aliphatic carbocycles. The lowest BCUT2D eigenvalue weighted by Gasteiger charge is -2.16. The Bertz CT molecular complexity index is 1640. The molecule has 5 nitrogen and oxygen atoms in total. The number of halogens is 2. The number of anilines is 1. The van der Waals surface area contributed by atoms with Crippen LogP contribution in [0.3, 0.4) is 0 Å². The standard InChI is InChI=1S/C33H28BrClN2O3S/c1-4-39-29-18-23(17-27(34)31(29)40-20-24-7-5-6-8-28(24)35)19-30-32(38)37(26-15-11-22(3)12-16-26)33(41-30)36-25-13-9-21(2)10-14-25/h5-19H,4,20H2,1-3H3/b30-19-,36-33?. The monoisotopic (exact) mass is 646 g/mol. The Morgan fingerprint density at radius 1 is 0.951 bits per heavy atom. The van der Waals surface area contributed by atoms with Crippen molar-refractivity contribution in [3.05, 3.63) is 122 Å². The molecule has 1 fully saturated rings. The fraction of sp³-hybridized carbons (Fsp3) is 0.152. The first-order chi connectivity index (χ1) is 19.8. The van der Waals surface area contributed by atoms with Crippen molar-refractivity contribution in [2.24, 2.45) is 4.99 Å². The maximum atomic E-state index is 13.8. The molecule has 1 aliphatic rings. The van der Waals surface area contributed by atoms with Crippen LogP contribution in [0.1, 0.15) is 29.2 Å². The van der Waals surface area contributed by atoms with Gasteiger partial charge in [0.2, 0.25) is 0 Å². The summed E-state index contributed by atoms with van der Waals surface area (Å²) in [6, 6.07) is 27.1. The second-order valence-corrected chi connectivity index (χ2v) is 11.7. The number of aliphatic imine (C=N–C) groups is 1. The molecular weight excluding hydrogens is 620 g/mol. The van der Waals surface area contributed by atoms with Crippen molar-refractivity contribution in [3.63, 3.8) is 0 Å². The molecule has 1 aliphatic heterocycles. The number of hydrogen-bond acceptors (Lipinski definition) is 5. The third-order valence-corrected chi connectivity index (χ3v) is 8.24. The van der Waals surface area contributed by atoms with Crippen LogP contribution < -0.4 is 14.4 Å². The van der Waals surface area contributed by atoms with Crippen molar-refractivity contribution in [2.45, 2.75) is 27.4 Å². The topological polar surface area (TPSA) is 51.1 Å². The summed E-state index contributed by atoms with van der Waals surface area (Å²) in [5, 5.41) is 1.23. The molecular formula is C33H28BrClN2O3S. The predicted molar refractivity (Wildman–Crippen MR) is 174 cm³/mol. The lowest BCUT2D eigenvalue weighted by Crippen LogP contribution is -2.28. The van der Waals surface area contributed by atoms with E-state index in [1.807, 2.05) is 112 Å². The van der Waals surface area contributed by atoms with E-state index >= 15 is 0 Å². The quantitative estimate of drug-likeness (QED) is 0.179. The molecule has 0 aromatic heterocycles. The van der Waals surface area contributed by atoms with Gasteiger partial charge in [-0.3, -0.25) is 9.69 Å². The molecule has 0 spiro atoms. The van der Waals surface area contributed by atoms with Crippen LogP contribution in [-0.2, 0) is 11.4 Å². The Hall–Kier alpha value is -3.52. The zero-order valence-electron chi connectivity index (χ0n) is 22.9. The van der Waals surface area contributed by atoms with Crippen LogP contribution in [0.25, 0.3) is 6.08 Å². The number of rotatable bonds is 8. The predicted octanol–water partition coefficient (Wildman–Crippen LogP) is 9.51. The average molecular weight is 648 g/mol. The molecule has 0 atom stereocenters. The van der Waals surface area contributed by atoms with Gasteiger partial charge in [-0.2, -0.15) is 0 Å². The SMILES string of the molecule is CCOc1cc(/C=C2\SC(=Nc3ccc(C)cc3)N(c3ccc(C)cc3)C2=O)cc(Br)c1OCc1ccccc1Cl. The number of carbonyl (C=O) groups is 1. The molecule has 208 valence electrons. The van der Waals surface area contributed by atoms with Crippen molar-refractivity contribution in [3.8, 4) is 11.5 Å². The van der Waals surface area contributed by atoms with Crippen molar-refractivity contribution in [1.82, 2.24) is 0 Å². The molecule has 0 radical (unpaired) electrons. The van der Waals surface area contributed by atoms with E-state index in [-0.39, 0.29) is 12.5 Å². The highest BCUT2D eigenvalue weighted by Crippen LogP contribution is 2.41. The first-order valence-electron chi connectivity index (χ1n) is 13.1. The fourth-order valence-electron chi connectivity index (χ4n) is 4.19. The summed E-state index contributed by atoms with van der Waals surface area (Å²) in [5.74, 6) is 1.00. The minimum atomic E-state index is -0.141. The minimum absolute atomic E-state index is 0.141. The van der Waals surface area contributed by atoms with Gasteiger partial charge in [-0.15, -0.1) is 0 Å². The summed E-state index contributed by atoms with van der Waals surface area (Å²) in [6.07, 6.45) is 1.86. The second-order valence-electron chi connectivity index (χ2n) is 9.46. The summed E-state index contributed by atoms with van der Waals surface area (Å²) < 4.78 is 12.8. The van der Waals surface area contributed by atoms with E-state index in [2.05, 4.69) is 15.9 Å². The average Bonchev–Trinajstić information content (AvgIpc) is 3.25. The zero-order chi connectivity index (χ0) is 28.9. The van der Waals surface area contributed by atoms with Crippen LogP contribution in [-0.4, -0.2) is 17.7 Å². The zero-order valence-corrected chi connectivity index (χ0v) is 26.0. The maximum absolute atomic E-state index is 13.8. The van der Waals surface area contributed by atoms with Gasteiger partial charge in [0.1, 0.15) is 6.61 Å². The van der Waals surface area contributed by atoms with Crippen LogP contribution in [0.2, 0.25) is 5.02 Å². The lowest BCUT2D eigenvalue weighted by atomic mass is 10.1. The van der Waals surface area contributed by atoms with E-state index in [0.29, 0.717) is 37.7 Å². The molecule has 0 unspecified atom stereocenters. The molecule has 4 aromatic carbocycles. The Balaban J connectivity index is 1.49. The molecule has 0 bridgehead atoms. The smallest absolute Gasteiger partial charge is 0.271 e. The van der Waals surface area contributed by atoms with Crippen molar-refractivity contribution < 1.29 is 14.3 Å². The summed E-state index contributed by atoms with van der Waals surface area (Å²) >= 11 is 11.3. The number of benzene rings is 4. The largest absolute Gasteiger partial charge is 0.490 e. The molecule has 4 aromatic rings. The molecule has 1 amide bonds. The van der Waals surface area contributed by atoms with E-state index in [1.54, 1.807) is 4.90 Å². The Labute approximate surface area is 258 Å². The molecule has 41 heavy (non-hydrogen) atoms. The summed E-state index contributed by atoms with van der Waals surface area (Å²) in [6.45, 7) is 6.72. The highest BCUT2D eigenvalue weighted by molar-refractivity contribution is 9.10. The Kier molecular flexibility index (Phi) is 9.18.